The fourth-order valence-electron chi connectivity index (χ4n) is 2.03. The van der Waals surface area contributed by atoms with Gasteiger partial charge in [-0.2, -0.15) is 13.2 Å². The van der Waals surface area contributed by atoms with Gasteiger partial charge in [-0.3, -0.25) is 4.79 Å². The third-order valence-corrected chi connectivity index (χ3v) is 3.43. The smallest absolute Gasteiger partial charge is 0.383 e. The van der Waals surface area contributed by atoms with Crippen molar-refractivity contribution >= 4 is 28.9 Å². The Morgan fingerprint density at radius 2 is 1.79 bits per heavy atom. The van der Waals surface area contributed by atoms with Crippen molar-refractivity contribution in [2.24, 2.45) is 0 Å². The molecule has 0 atom stereocenters. The number of benzene rings is 1. The number of alkyl halides is 4. The Bertz CT molecular complexity index is 533. The number of hydrogen-bond donors (Lipinski definition) is 1. The highest BCUT2D eigenvalue weighted by Gasteiger charge is 2.31. The molecule has 24 heavy (non-hydrogen) atoms. The Morgan fingerprint density at radius 3 is 2.25 bits per heavy atom. The number of anilines is 2. The van der Waals surface area contributed by atoms with Gasteiger partial charge in [0.05, 0.1) is 30.2 Å². The van der Waals surface area contributed by atoms with Crippen LogP contribution in [0.15, 0.2) is 18.2 Å². The van der Waals surface area contributed by atoms with Crippen LogP contribution in [0.2, 0.25) is 0 Å². The molecule has 0 fully saturated rings. The van der Waals surface area contributed by atoms with E-state index in [1.54, 1.807) is 4.90 Å². The Labute approximate surface area is 143 Å². The van der Waals surface area contributed by atoms with E-state index in [0.717, 1.165) is 12.1 Å². The van der Waals surface area contributed by atoms with Gasteiger partial charge in [0.1, 0.15) is 5.88 Å². The number of ether oxygens (including phenoxy) is 2. The first-order valence-corrected chi connectivity index (χ1v) is 7.66. The first-order valence-electron chi connectivity index (χ1n) is 7.13. The van der Waals surface area contributed by atoms with Crippen LogP contribution in [0.3, 0.4) is 0 Å². The van der Waals surface area contributed by atoms with Crippen LogP contribution in [0, 0.1) is 0 Å². The number of carbonyl (C=O) groups excluding carboxylic acids is 1. The van der Waals surface area contributed by atoms with Gasteiger partial charge in [-0.1, -0.05) is 0 Å². The summed E-state index contributed by atoms with van der Waals surface area (Å²) in [7, 11) is 3.05. The standard InChI is InChI=1S/C15H20ClF3N2O3/c1-23-7-5-21(6-8-24-2)13-4-3-11(15(17,18)19)9-12(13)20-14(22)10-16/h3-4,9H,5-8,10H2,1-2H3,(H,20,22). The van der Waals surface area contributed by atoms with Gasteiger partial charge in [-0.25, -0.2) is 0 Å². The normalized spacial score (nSPS) is 11.4. The third-order valence-electron chi connectivity index (χ3n) is 3.19. The molecule has 0 heterocycles. The largest absolute Gasteiger partial charge is 0.416 e. The molecule has 0 aliphatic rings. The summed E-state index contributed by atoms with van der Waals surface area (Å²) in [6.07, 6.45) is -4.51. The van der Waals surface area contributed by atoms with Crippen LogP contribution in [0.1, 0.15) is 5.56 Å². The molecule has 1 rings (SSSR count). The van der Waals surface area contributed by atoms with Crippen molar-refractivity contribution in [1.29, 1.82) is 0 Å². The SMILES string of the molecule is COCCN(CCOC)c1ccc(C(F)(F)F)cc1NC(=O)CCl. The summed E-state index contributed by atoms with van der Waals surface area (Å²) in [5, 5.41) is 2.41. The lowest BCUT2D eigenvalue weighted by atomic mass is 10.1. The van der Waals surface area contributed by atoms with Gasteiger partial charge in [0.2, 0.25) is 5.91 Å². The van der Waals surface area contributed by atoms with Gasteiger partial charge in [0, 0.05) is 27.3 Å². The van der Waals surface area contributed by atoms with E-state index in [2.05, 4.69) is 5.32 Å². The molecule has 9 heteroatoms. The van der Waals surface area contributed by atoms with Crippen molar-refractivity contribution in [3.05, 3.63) is 23.8 Å². The maximum Gasteiger partial charge on any atom is 0.416 e. The highest BCUT2D eigenvalue weighted by atomic mass is 35.5. The quantitative estimate of drug-likeness (QED) is 0.681. The number of nitrogens with zero attached hydrogens (tertiary/aromatic N) is 1. The molecule has 1 N–H and O–H groups in total. The van der Waals surface area contributed by atoms with Crippen molar-refractivity contribution < 1.29 is 27.4 Å². The molecule has 0 unspecified atom stereocenters. The molecular weight excluding hydrogens is 349 g/mol. The Hall–Kier alpha value is -1.51. The molecular formula is C15H20ClF3N2O3. The summed E-state index contributed by atoms with van der Waals surface area (Å²) >= 11 is 5.44. The minimum atomic E-state index is -4.51. The van der Waals surface area contributed by atoms with Gasteiger partial charge >= 0.3 is 6.18 Å². The summed E-state index contributed by atoms with van der Waals surface area (Å²) in [5.74, 6) is -0.943. The van der Waals surface area contributed by atoms with Gasteiger partial charge in [0.15, 0.2) is 0 Å². The number of nitrogens with one attached hydrogen (secondary N) is 1. The highest BCUT2D eigenvalue weighted by Crippen LogP contribution is 2.35. The number of hydrogen-bond acceptors (Lipinski definition) is 4. The van der Waals surface area contributed by atoms with E-state index < -0.39 is 17.6 Å². The molecule has 0 aliphatic carbocycles. The van der Waals surface area contributed by atoms with Gasteiger partial charge in [-0.05, 0) is 18.2 Å². The van der Waals surface area contributed by atoms with Crippen molar-refractivity contribution in [3.63, 3.8) is 0 Å². The second-order valence-electron chi connectivity index (χ2n) is 4.88. The van der Waals surface area contributed by atoms with Gasteiger partial charge in [-0.15, -0.1) is 11.6 Å². The zero-order chi connectivity index (χ0) is 18.2. The Morgan fingerprint density at radius 1 is 1.21 bits per heavy atom. The number of halogens is 4. The molecule has 0 saturated carbocycles. The molecule has 136 valence electrons. The molecule has 0 spiro atoms. The van der Waals surface area contributed by atoms with Crippen LogP contribution in [0.25, 0.3) is 0 Å². The zero-order valence-corrected chi connectivity index (χ0v) is 14.2. The fraction of sp³-hybridized carbons (Fsp3) is 0.533. The molecule has 0 saturated heterocycles. The Balaban J connectivity index is 3.22. The van der Waals surface area contributed by atoms with Crippen LogP contribution in [0.4, 0.5) is 24.5 Å². The lowest BCUT2D eigenvalue weighted by Gasteiger charge is -2.27. The lowest BCUT2D eigenvalue weighted by Crippen LogP contribution is -2.32. The first kappa shape index (κ1) is 20.5. The molecule has 1 aromatic rings. The van der Waals surface area contributed by atoms with Crippen LogP contribution < -0.4 is 10.2 Å². The average molecular weight is 369 g/mol. The van der Waals surface area contributed by atoms with E-state index in [1.165, 1.54) is 20.3 Å². The minimum absolute atomic E-state index is 0.0441. The predicted octanol–water partition coefficient (Wildman–Crippen LogP) is 2.98. The van der Waals surface area contributed by atoms with E-state index >= 15 is 0 Å². The van der Waals surface area contributed by atoms with E-state index in [4.69, 9.17) is 21.1 Å². The number of rotatable bonds is 9. The summed E-state index contributed by atoms with van der Waals surface area (Å²) in [4.78, 5) is 13.3. The van der Waals surface area contributed by atoms with Crippen LogP contribution in [-0.4, -0.2) is 52.3 Å². The fourth-order valence-corrected chi connectivity index (χ4v) is 2.09. The topological polar surface area (TPSA) is 50.8 Å². The van der Waals surface area contributed by atoms with Crippen LogP contribution >= 0.6 is 11.6 Å². The number of methoxy groups -OCH3 is 2. The average Bonchev–Trinajstić information content (AvgIpc) is 2.54. The molecule has 5 nitrogen and oxygen atoms in total. The summed E-state index contributed by atoms with van der Waals surface area (Å²) in [6.45, 7) is 1.59. The van der Waals surface area contributed by atoms with Crippen molar-refractivity contribution in [2.75, 3.05) is 56.6 Å². The summed E-state index contributed by atoms with van der Waals surface area (Å²) in [5.41, 5.74) is -0.368. The molecule has 1 aromatic carbocycles. The maximum absolute atomic E-state index is 12.9. The molecule has 0 aromatic heterocycles. The van der Waals surface area contributed by atoms with Crippen molar-refractivity contribution in [3.8, 4) is 0 Å². The molecule has 0 aliphatic heterocycles. The first-order chi connectivity index (χ1) is 11.3. The molecule has 0 radical (unpaired) electrons. The highest BCUT2D eigenvalue weighted by molar-refractivity contribution is 6.29. The number of carbonyl (C=O) groups is 1. The van der Waals surface area contributed by atoms with Gasteiger partial charge in [0.25, 0.3) is 0 Å². The van der Waals surface area contributed by atoms with E-state index in [1.807, 2.05) is 0 Å². The second-order valence-corrected chi connectivity index (χ2v) is 5.15. The third kappa shape index (κ3) is 6.18. The lowest BCUT2D eigenvalue weighted by molar-refractivity contribution is -0.137. The zero-order valence-electron chi connectivity index (χ0n) is 13.5. The summed E-state index contributed by atoms with van der Waals surface area (Å²) < 4.78 is 48.8. The molecule has 1 amide bonds. The van der Waals surface area contributed by atoms with Crippen molar-refractivity contribution in [2.45, 2.75) is 6.18 Å². The second kappa shape index (κ2) is 9.71. The predicted molar refractivity (Wildman–Crippen MR) is 86.8 cm³/mol. The van der Waals surface area contributed by atoms with Crippen LogP contribution in [0.5, 0.6) is 0 Å². The number of amides is 1. The van der Waals surface area contributed by atoms with Crippen LogP contribution in [-0.2, 0) is 20.4 Å². The van der Waals surface area contributed by atoms with E-state index in [-0.39, 0.29) is 11.6 Å². The maximum atomic E-state index is 12.9. The van der Waals surface area contributed by atoms with Crippen molar-refractivity contribution in [1.82, 2.24) is 0 Å². The molecule has 0 bridgehead atoms. The minimum Gasteiger partial charge on any atom is -0.383 e. The van der Waals surface area contributed by atoms with Gasteiger partial charge < -0.3 is 19.7 Å². The monoisotopic (exact) mass is 368 g/mol. The summed E-state index contributed by atoms with van der Waals surface area (Å²) in [6, 6.07) is 3.18. The van der Waals surface area contributed by atoms with E-state index in [9.17, 15) is 18.0 Å². The van der Waals surface area contributed by atoms with E-state index in [0.29, 0.717) is 32.0 Å². The Kier molecular flexibility index (Phi) is 8.30.